The van der Waals surface area contributed by atoms with E-state index < -0.39 is 0 Å². The van der Waals surface area contributed by atoms with Gasteiger partial charge in [0.15, 0.2) is 23.4 Å². The molecule has 4 nitrogen and oxygen atoms in total. The standard InChI is InChI=1S/C16H19NO3/c1-17-10-7-8-3-6-12(19-2)16-13(8)14-9(10)4-5-11(18)15(14)20-16/h3,6,9-10,14-15,17H,4-5,7H2,1-2H3. The predicted octanol–water partition coefficient (Wildman–Crippen LogP) is 1.66. The van der Waals surface area contributed by atoms with Crippen LogP contribution >= 0.6 is 0 Å². The Morgan fingerprint density at radius 1 is 1.40 bits per heavy atom. The molecule has 0 aromatic heterocycles. The lowest BCUT2D eigenvalue weighted by molar-refractivity contribution is -0.129. The number of carbonyl (C=O) groups excluding carboxylic acids is 1. The van der Waals surface area contributed by atoms with Gasteiger partial charge in [-0.15, -0.1) is 0 Å². The average Bonchev–Trinajstić information content (AvgIpc) is 2.88. The summed E-state index contributed by atoms with van der Waals surface area (Å²) in [5, 5.41) is 3.43. The molecule has 0 amide bonds. The van der Waals surface area contributed by atoms with Gasteiger partial charge in [0.1, 0.15) is 0 Å². The molecule has 0 spiro atoms. The molecule has 2 aliphatic carbocycles. The Labute approximate surface area is 118 Å². The van der Waals surface area contributed by atoms with E-state index >= 15 is 0 Å². The van der Waals surface area contributed by atoms with Crippen LogP contribution in [0.4, 0.5) is 0 Å². The van der Waals surface area contributed by atoms with E-state index in [1.54, 1.807) is 7.11 Å². The van der Waals surface area contributed by atoms with Crippen LogP contribution < -0.4 is 14.8 Å². The van der Waals surface area contributed by atoms with Crippen molar-refractivity contribution >= 4 is 5.78 Å². The quantitative estimate of drug-likeness (QED) is 0.890. The first kappa shape index (κ1) is 12.2. The smallest absolute Gasteiger partial charge is 0.173 e. The van der Waals surface area contributed by atoms with Gasteiger partial charge in [0.2, 0.25) is 0 Å². The van der Waals surface area contributed by atoms with Crippen LogP contribution in [0, 0.1) is 5.92 Å². The highest BCUT2D eigenvalue weighted by molar-refractivity contribution is 5.87. The van der Waals surface area contributed by atoms with E-state index in [9.17, 15) is 4.79 Å². The van der Waals surface area contributed by atoms with Crippen LogP contribution in [0.3, 0.4) is 0 Å². The van der Waals surface area contributed by atoms with Gasteiger partial charge >= 0.3 is 0 Å². The van der Waals surface area contributed by atoms with Gasteiger partial charge in [0, 0.05) is 23.9 Å². The van der Waals surface area contributed by atoms with Gasteiger partial charge in [-0.3, -0.25) is 4.79 Å². The normalized spacial score (nSPS) is 33.6. The van der Waals surface area contributed by atoms with Gasteiger partial charge in [-0.1, -0.05) is 6.07 Å². The summed E-state index contributed by atoms with van der Waals surface area (Å²) >= 11 is 0. The number of rotatable bonds is 2. The predicted molar refractivity (Wildman–Crippen MR) is 74.4 cm³/mol. The van der Waals surface area contributed by atoms with Crippen LogP contribution in [0.15, 0.2) is 12.1 Å². The number of methoxy groups -OCH3 is 1. The molecule has 1 aliphatic heterocycles. The molecule has 0 bridgehead atoms. The SMILES string of the molecule is CNC1Cc2ccc(OC)c3c2C2C(O3)C(=O)CCC12. The molecule has 4 atom stereocenters. The molecular weight excluding hydrogens is 254 g/mol. The first-order valence-corrected chi connectivity index (χ1v) is 7.31. The van der Waals surface area contributed by atoms with Crippen LogP contribution in [-0.4, -0.2) is 32.1 Å². The second kappa shape index (κ2) is 4.22. The molecule has 1 fully saturated rings. The Morgan fingerprint density at radius 2 is 2.25 bits per heavy atom. The number of ketones is 1. The van der Waals surface area contributed by atoms with Crippen molar-refractivity contribution in [3.05, 3.63) is 23.3 Å². The van der Waals surface area contributed by atoms with Crippen LogP contribution in [0.25, 0.3) is 0 Å². The van der Waals surface area contributed by atoms with Gasteiger partial charge in [0.05, 0.1) is 7.11 Å². The minimum absolute atomic E-state index is 0.211. The average molecular weight is 273 g/mol. The van der Waals surface area contributed by atoms with Gasteiger partial charge in [0.25, 0.3) is 0 Å². The third-order valence-corrected chi connectivity index (χ3v) is 5.20. The molecule has 1 aromatic carbocycles. The van der Waals surface area contributed by atoms with Crippen LogP contribution in [0.5, 0.6) is 11.5 Å². The zero-order valence-corrected chi connectivity index (χ0v) is 11.8. The number of ether oxygens (including phenoxy) is 2. The Kier molecular flexibility index (Phi) is 2.58. The van der Waals surface area contributed by atoms with Crippen LogP contribution in [0.2, 0.25) is 0 Å². The van der Waals surface area contributed by atoms with Crippen LogP contribution in [-0.2, 0) is 11.2 Å². The number of hydrogen-bond acceptors (Lipinski definition) is 4. The molecule has 3 aliphatic rings. The number of likely N-dealkylation sites (N-methyl/N-ethyl adjacent to an activating group) is 1. The van der Waals surface area contributed by atoms with E-state index in [2.05, 4.69) is 11.4 Å². The number of benzene rings is 1. The molecule has 4 rings (SSSR count). The highest BCUT2D eigenvalue weighted by atomic mass is 16.5. The largest absolute Gasteiger partial charge is 0.493 e. The number of carbonyl (C=O) groups is 1. The molecule has 0 saturated heterocycles. The summed E-state index contributed by atoms with van der Waals surface area (Å²) in [5.41, 5.74) is 2.54. The molecule has 4 unspecified atom stereocenters. The number of Topliss-reactive ketones (excluding diaryl/α,β-unsaturated/α-hetero) is 1. The molecule has 106 valence electrons. The lowest BCUT2D eigenvalue weighted by atomic mass is 9.65. The molecule has 1 heterocycles. The Hall–Kier alpha value is -1.55. The third-order valence-electron chi connectivity index (χ3n) is 5.20. The van der Waals surface area contributed by atoms with E-state index in [1.165, 1.54) is 11.1 Å². The van der Waals surface area contributed by atoms with Crippen LogP contribution in [0.1, 0.15) is 29.9 Å². The van der Waals surface area contributed by atoms with Crippen molar-refractivity contribution in [2.45, 2.75) is 37.3 Å². The first-order chi connectivity index (χ1) is 9.74. The molecule has 0 radical (unpaired) electrons. The third kappa shape index (κ3) is 1.43. The summed E-state index contributed by atoms with van der Waals surface area (Å²) in [6.45, 7) is 0. The maximum Gasteiger partial charge on any atom is 0.173 e. The van der Waals surface area contributed by atoms with Crippen molar-refractivity contribution in [2.75, 3.05) is 14.2 Å². The second-order valence-electron chi connectivity index (χ2n) is 6.00. The van der Waals surface area contributed by atoms with Crippen molar-refractivity contribution in [3.63, 3.8) is 0 Å². The fraction of sp³-hybridized carbons (Fsp3) is 0.562. The van der Waals surface area contributed by atoms with Crippen molar-refractivity contribution in [1.29, 1.82) is 0 Å². The number of nitrogens with one attached hydrogen (secondary N) is 1. The first-order valence-electron chi connectivity index (χ1n) is 7.31. The minimum atomic E-state index is -0.296. The Morgan fingerprint density at radius 3 is 3.00 bits per heavy atom. The second-order valence-corrected chi connectivity index (χ2v) is 6.00. The zero-order chi connectivity index (χ0) is 13.9. The van der Waals surface area contributed by atoms with E-state index in [4.69, 9.17) is 9.47 Å². The molecule has 20 heavy (non-hydrogen) atoms. The van der Waals surface area contributed by atoms with Gasteiger partial charge < -0.3 is 14.8 Å². The van der Waals surface area contributed by atoms with E-state index in [0.29, 0.717) is 18.4 Å². The molecule has 4 heteroatoms. The molecule has 1 aromatic rings. The Balaban J connectivity index is 1.90. The lowest BCUT2D eigenvalue weighted by Crippen LogP contribution is -2.49. The summed E-state index contributed by atoms with van der Waals surface area (Å²) in [7, 11) is 3.67. The topological polar surface area (TPSA) is 47.6 Å². The Bertz CT molecular complexity index is 583. The number of hydrogen-bond donors (Lipinski definition) is 1. The zero-order valence-electron chi connectivity index (χ0n) is 11.8. The van der Waals surface area contributed by atoms with Crippen molar-refractivity contribution in [2.24, 2.45) is 5.92 Å². The fourth-order valence-electron chi connectivity index (χ4n) is 4.29. The van der Waals surface area contributed by atoms with Crippen molar-refractivity contribution in [3.8, 4) is 11.5 Å². The lowest BCUT2D eigenvalue weighted by Gasteiger charge is -2.41. The summed E-state index contributed by atoms with van der Waals surface area (Å²) in [6.07, 6.45) is 2.31. The monoisotopic (exact) mass is 273 g/mol. The molecule has 1 saturated carbocycles. The van der Waals surface area contributed by atoms with E-state index in [-0.39, 0.29) is 17.8 Å². The summed E-state index contributed by atoms with van der Waals surface area (Å²) < 4.78 is 11.4. The highest BCUT2D eigenvalue weighted by Gasteiger charge is 2.52. The molecule has 1 N–H and O–H groups in total. The highest BCUT2D eigenvalue weighted by Crippen LogP contribution is 2.55. The van der Waals surface area contributed by atoms with Crippen molar-refractivity contribution in [1.82, 2.24) is 5.32 Å². The maximum absolute atomic E-state index is 12.2. The fourth-order valence-corrected chi connectivity index (χ4v) is 4.29. The van der Waals surface area contributed by atoms with Gasteiger partial charge in [-0.2, -0.15) is 0 Å². The summed E-state index contributed by atoms with van der Waals surface area (Å²) in [5.74, 6) is 2.51. The van der Waals surface area contributed by atoms with Crippen molar-refractivity contribution < 1.29 is 14.3 Å². The minimum Gasteiger partial charge on any atom is -0.493 e. The summed E-state index contributed by atoms with van der Waals surface area (Å²) in [4.78, 5) is 12.2. The summed E-state index contributed by atoms with van der Waals surface area (Å²) in [6, 6.07) is 4.53. The van der Waals surface area contributed by atoms with E-state index in [1.807, 2.05) is 13.1 Å². The maximum atomic E-state index is 12.2. The van der Waals surface area contributed by atoms with Gasteiger partial charge in [-0.05, 0) is 37.4 Å². The van der Waals surface area contributed by atoms with Gasteiger partial charge in [-0.25, -0.2) is 0 Å². The van der Waals surface area contributed by atoms with E-state index in [0.717, 1.165) is 24.3 Å². The molecular formula is C16H19NO3.